The van der Waals surface area contributed by atoms with Crippen LogP contribution in [0.25, 0.3) is 0 Å². The summed E-state index contributed by atoms with van der Waals surface area (Å²) in [5.74, 6) is 0.871. The van der Waals surface area contributed by atoms with Crippen LogP contribution in [0, 0.1) is 0 Å². The molecule has 0 spiro atoms. The van der Waals surface area contributed by atoms with Crippen molar-refractivity contribution in [3.05, 3.63) is 43.6 Å². The SMILES string of the molecule is C=C[C@H]1Nc2cccnc2N[C@@H]1C=C. The van der Waals surface area contributed by atoms with E-state index in [4.69, 9.17) is 0 Å². The molecule has 2 N–H and O–H groups in total. The molecule has 1 aliphatic rings. The summed E-state index contributed by atoms with van der Waals surface area (Å²) in [6.45, 7) is 7.56. The number of nitrogens with one attached hydrogen (secondary N) is 2. The van der Waals surface area contributed by atoms with Crippen LogP contribution in [-0.4, -0.2) is 17.1 Å². The zero-order chi connectivity index (χ0) is 9.97. The summed E-state index contributed by atoms with van der Waals surface area (Å²) in [7, 11) is 0. The molecule has 1 aromatic rings. The third-order valence-electron chi connectivity index (χ3n) is 2.33. The lowest BCUT2D eigenvalue weighted by molar-refractivity contribution is 0.767. The van der Waals surface area contributed by atoms with Crippen molar-refractivity contribution >= 4 is 11.5 Å². The number of pyridine rings is 1. The highest BCUT2D eigenvalue weighted by Crippen LogP contribution is 2.26. The van der Waals surface area contributed by atoms with Gasteiger partial charge >= 0.3 is 0 Å². The Kier molecular flexibility index (Phi) is 2.23. The summed E-state index contributed by atoms with van der Waals surface area (Å²) in [5, 5.41) is 6.62. The normalized spacial score (nSPS) is 24.0. The topological polar surface area (TPSA) is 37.0 Å². The maximum absolute atomic E-state index is 4.23. The van der Waals surface area contributed by atoms with E-state index in [0.29, 0.717) is 0 Å². The van der Waals surface area contributed by atoms with E-state index in [2.05, 4.69) is 28.8 Å². The van der Waals surface area contributed by atoms with Crippen LogP contribution in [0.4, 0.5) is 11.5 Å². The molecule has 0 aliphatic carbocycles. The van der Waals surface area contributed by atoms with Crippen molar-refractivity contribution in [1.29, 1.82) is 0 Å². The first-order valence-electron chi connectivity index (χ1n) is 4.58. The second kappa shape index (κ2) is 3.54. The Morgan fingerprint density at radius 1 is 1.21 bits per heavy atom. The molecular formula is C11H13N3. The van der Waals surface area contributed by atoms with Gasteiger partial charge in [0.1, 0.15) is 5.82 Å². The minimum absolute atomic E-state index is 0.148. The van der Waals surface area contributed by atoms with Crippen LogP contribution < -0.4 is 10.6 Å². The van der Waals surface area contributed by atoms with Crippen molar-refractivity contribution in [1.82, 2.24) is 4.98 Å². The molecule has 72 valence electrons. The summed E-state index contributed by atoms with van der Waals surface area (Å²) in [6.07, 6.45) is 5.49. The molecular weight excluding hydrogens is 174 g/mol. The summed E-state index contributed by atoms with van der Waals surface area (Å²) >= 11 is 0. The van der Waals surface area contributed by atoms with Gasteiger partial charge in [0.05, 0.1) is 17.8 Å². The molecule has 0 bridgehead atoms. The molecule has 3 heteroatoms. The van der Waals surface area contributed by atoms with Gasteiger partial charge in [-0.3, -0.25) is 0 Å². The Balaban J connectivity index is 2.33. The summed E-state index contributed by atoms with van der Waals surface area (Å²) in [6, 6.07) is 4.21. The van der Waals surface area contributed by atoms with E-state index in [-0.39, 0.29) is 12.1 Å². The molecule has 1 aliphatic heterocycles. The molecule has 2 rings (SSSR count). The van der Waals surface area contributed by atoms with Crippen LogP contribution in [0.2, 0.25) is 0 Å². The Morgan fingerprint density at radius 3 is 2.64 bits per heavy atom. The summed E-state index contributed by atoms with van der Waals surface area (Å²) < 4.78 is 0. The molecule has 3 nitrogen and oxygen atoms in total. The van der Waals surface area contributed by atoms with Crippen LogP contribution in [0.5, 0.6) is 0 Å². The predicted octanol–water partition coefficient (Wildman–Crippen LogP) is 2.03. The maximum atomic E-state index is 4.23. The third kappa shape index (κ3) is 1.37. The highest BCUT2D eigenvalue weighted by atomic mass is 15.1. The lowest BCUT2D eigenvalue weighted by atomic mass is 10.1. The molecule has 0 fully saturated rings. The highest BCUT2D eigenvalue weighted by Gasteiger charge is 2.22. The van der Waals surface area contributed by atoms with Crippen LogP contribution in [0.15, 0.2) is 43.6 Å². The van der Waals surface area contributed by atoms with Gasteiger partial charge in [-0.15, -0.1) is 13.2 Å². The standard InChI is InChI=1S/C11H13N3/c1-3-8-9(4-2)14-11-10(13-8)6-5-7-12-11/h3-9,13H,1-2H2,(H,12,14)/t8-,9-/m1/s1. The van der Waals surface area contributed by atoms with Crippen molar-refractivity contribution < 1.29 is 0 Å². The molecule has 0 radical (unpaired) electrons. The van der Waals surface area contributed by atoms with Crippen molar-refractivity contribution in [2.75, 3.05) is 10.6 Å². The molecule has 1 aromatic heterocycles. The lowest BCUT2D eigenvalue weighted by Gasteiger charge is -2.31. The zero-order valence-corrected chi connectivity index (χ0v) is 7.90. The number of aromatic nitrogens is 1. The third-order valence-corrected chi connectivity index (χ3v) is 2.33. The van der Waals surface area contributed by atoms with Gasteiger partial charge in [-0.05, 0) is 12.1 Å². The van der Waals surface area contributed by atoms with Gasteiger partial charge < -0.3 is 10.6 Å². The Bertz CT molecular complexity index is 324. The first kappa shape index (κ1) is 8.81. The van der Waals surface area contributed by atoms with Crippen LogP contribution in [0.1, 0.15) is 0 Å². The Labute approximate surface area is 83.6 Å². The van der Waals surface area contributed by atoms with Crippen LogP contribution in [0.3, 0.4) is 0 Å². The van der Waals surface area contributed by atoms with Gasteiger partial charge in [0, 0.05) is 6.20 Å². The van der Waals surface area contributed by atoms with E-state index in [0.717, 1.165) is 11.5 Å². The molecule has 2 atom stereocenters. The average Bonchev–Trinajstić information content (AvgIpc) is 2.27. The molecule has 0 saturated carbocycles. The fourth-order valence-corrected chi connectivity index (χ4v) is 1.56. The predicted molar refractivity (Wildman–Crippen MR) is 59.5 cm³/mol. The van der Waals surface area contributed by atoms with E-state index < -0.39 is 0 Å². The number of fused-ring (bicyclic) bond motifs is 1. The number of rotatable bonds is 2. The molecule has 0 saturated heterocycles. The Hall–Kier alpha value is -1.77. The largest absolute Gasteiger partial charge is 0.373 e. The second-order valence-corrected chi connectivity index (χ2v) is 3.21. The quantitative estimate of drug-likeness (QED) is 0.695. The fourth-order valence-electron chi connectivity index (χ4n) is 1.56. The maximum Gasteiger partial charge on any atom is 0.149 e. The van der Waals surface area contributed by atoms with Gasteiger partial charge in [-0.1, -0.05) is 12.2 Å². The van der Waals surface area contributed by atoms with Crippen molar-refractivity contribution in [2.45, 2.75) is 12.1 Å². The van der Waals surface area contributed by atoms with E-state index in [1.807, 2.05) is 24.3 Å². The lowest BCUT2D eigenvalue weighted by Crippen LogP contribution is -2.40. The van der Waals surface area contributed by atoms with Gasteiger partial charge in [0.15, 0.2) is 0 Å². The summed E-state index contributed by atoms with van der Waals surface area (Å²) in [5.41, 5.74) is 1.01. The van der Waals surface area contributed by atoms with Crippen molar-refractivity contribution in [3.8, 4) is 0 Å². The minimum atomic E-state index is 0.148. The molecule has 0 unspecified atom stereocenters. The number of nitrogens with zero attached hydrogens (tertiary/aromatic N) is 1. The second-order valence-electron chi connectivity index (χ2n) is 3.21. The average molecular weight is 187 g/mol. The molecule has 14 heavy (non-hydrogen) atoms. The number of anilines is 2. The van der Waals surface area contributed by atoms with Crippen molar-refractivity contribution in [3.63, 3.8) is 0 Å². The monoisotopic (exact) mass is 187 g/mol. The zero-order valence-electron chi connectivity index (χ0n) is 7.90. The fraction of sp³-hybridized carbons (Fsp3) is 0.182. The highest BCUT2D eigenvalue weighted by molar-refractivity contribution is 5.68. The van der Waals surface area contributed by atoms with Crippen LogP contribution >= 0.6 is 0 Å². The van der Waals surface area contributed by atoms with E-state index >= 15 is 0 Å². The minimum Gasteiger partial charge on any atom is -0.373 e. The van der Waals surface area contributed by atoms with Gasteiger partial charge in [-0.2, -0.15) is 0 Å². The number of hydrogen-bond acceptors (Lipinski definition) is 3. The van der Waals surface area contributed by atoms with Gasteiger partial charge in [0.25, 0.3) is 0 Å². The first-order valence-corrected chi connectivity index (χ1v) is 4.58. The molecule has 0 aromatic carbocycles. The molecule has 0 amide bonds. The first-order chi connectivity index (χ1) is 6.85. The van der Waals surface area contributed by atoms with E-state index in [1.165, 1.54) is 0 Å². The van der Waals surface area contributed by atoms with Gasteiger partial charge in [-0.25, -0.2) is 4.98 Å². The van der Waals surface area contributed by atoms with Crippen molar-refractivity contribution in [2.24, 2.45) is 0 Å². The van der Waals surface area contributed by atoms with Gasteiger partial charge in [0.2, 0.25) is 0 Å². The Morgan fingerprint density at radius 2 is 1.93 bits per heavy atom. The summed E-state index contributed by atoms with van der Waals surface area (Å²) in [4.78, 5) is 4.23. The van der Waals surface area contributed by atoms with E-state index in [1.54, 1.807) is 6.20 Å². The smallest absolute Gasteiger partial charge is 0.149 e. The van der Waals surface area contributed by atoms with Crippen LogP contribution in [-0.2, 0) is 0 Å². The number of hydrogen-bond donors (Lipinski definition) is 2. The van der Waals surface area contributed by atoms with E-state index in [9.17, 15) is 0 Å². The molecule has 2 heterocycles.